The fraction of sp³-hybridized carbons (Fsp3) is 0.900. The molecule has 0 bridgehead atoms. The lowest BCUT2D eigenvalue weighted by atomic mass is 10.0. The summed E-state index contributed by atoms with van der Waals surface area (Å²) in [5, 5.41) is 12.4. The molecule has 74 valence electrons. The van der Waals surface area contributed by atoms with E-state index in [-0.39, 0.29) is 6.04 Å². The fourth-order valence-corrected chi connectivity index (χ4v) is 1.80. The molecule has 1 aliphatic heterocycles. The Balaban J connectivity index is 2.51. The fourth-order valence-electron chi connectivity index (χ4n) is 1.80. The first-order chi connectivity index (χ1) is 6.25. The highest BCUT2D eigenvalue weighted by molar-refractivity contribution is 4.94. The zero-order valence-corrected chi connectivity index (χ0v) is 8.58. The van der Waals surface area contributed by atoms with Crippen molar-refractivity contribution in [1.82, 2.24) is 10.2 Å². The molecule has 3 nitrogen and oxygen atoms in total. The topological polar surface area (TPSA) is 39.1 Å². The van der Waals surface area contributed by atoms with Crippen LogP contribution in [-0.4, -0.2) is 37.1 Å². The summed E-state index contributed by atoms with van der Waals surface area (Å²) in [5.41, 5.74) is 0. The molecule has 0 aromatic heterocycles. The van der Waals surface area contributed by atoms with E-state index in [4.69, 9.17) is 5.26 Å². The van der Waals surface area contributed by atoms with Crippen LogP contribution in [0.4, 0.5) is 0 Å². The van der Waals surface area contributed by atoms with Crippen LogP contribution in [0.5, 0.6) is 0 Å². The van der Waals surface area contributed by atoms with Crippen LogP contribution in [0, 0.1) is 17.2 Å². The maximum Gasteiger partial charge on any atom is 0.100 e. The Morgan fingerprint density at radius 1 is 1.31 bits per heavy atom. The molecule has 1 fully saturated rings. The van der Waals surface area contributed by atoms with Gasteiger partial charge in [0.2, 0.25) is 0 Å². The average molecular weight is 181 g/mol. The standard InChI is InChI=1S/C10H19N3/c1-9(2)10(8-11)13-6-3-4-12-5-7-13/h9-10,12H,3-7H2,1-2H3. The maximum atomic E-state index is 9.03. The van der Waals surface area contributed by atoms with Crippen molar-refractivity contribution in [2.45, 2.75) is 26.3 Å². The molecule has 13 heavy (non-hydrogen) atoms. The van der Waals surface area contributed by atoms with Gasteiger partial charge < -0.3 is 5.32 Å². The molecule has 1 heterocycles. The third-order valence-electron chi connectivity index (χ3n) is 2.53. The maximum absolute atomic E-state index is 9.03. The summed E-state index contributed by atoms with van der Waals surface area (Å²) in [6.45, 7) is 8.41. The Bertz CT molecular complexity index is 175. The Hall–Kier alpha value is -0.590. The van der Waals surface area contributed by atoms with Gasteiger partial charge >= 0.3 is 0 Å². The Kier molecular flexibility index (Phi) is 4.20. The van der Waals surface area contributed by atoms with Gasteiger partial charge in [0.15, 0.2) is 0 Å². The van der Waals surface area contributed by atoms with Gasteiger partial charge in [-0.15, -0.1) is 0 Å². The van der Waals surface area contributed by atoms with Crippen molar-refractivity contribution in [3.8, 4) is 6.07 Å². The summed E-state index contributed by atoms with van der Waals surface area (Å²) in [4.78, 5) is 2.30. The first-order valence-corrected chi connectivity index (χ1v) is 5.10. The second-order valence-electron chi connectivity index (χ2n) is 3.96. The quantitative estimate of drug-likeness (QED) is 0.686. The van der Waals surface area contributed by atoms with Gasteiger partial charge in [0.25, 0.3) is 0 Å². The van der Waals surface area contributed by atoms with Crippen LogP contribution in [0.25, 0.3) is 0 Å². The Morgan fingerprint density at radius 2 is 2.08 bits per heavy atom. The molecule has 0 spiro atoms. The second-order valence-corrected chi connectivity index (χ2v) is 3.96. The van der Waals surface area contributed by atoms with Gasteiger partial charge in [0.05, 0.1) is 6.07 Å². The summed E-state index contributed by atoms with van der Waals surface area (Å²) in [6, 6.07) is 2.49. The van der Waals surface area contributed by atoms with Crippen molar-refractivity contribution < 1.29 is 0 Å². The van der Waals surface area contributed by atoms with E-state index in [0.29, 0.717) is 5.92 Å². The van der Waals surface area contributed by atoms with Gasteiger partial charge in [-0.25, -0.2) is 0 Å². The van der Waals surface area contributed by atoms with Crippen molar-refractivity contribution in [2.24, 2.45) is 5.92 Å². The van der Waals surface area contributed by atoms with Gasteiger partial charge in [-0.05, 0) is 18.9 Å². The van der Waals surface area contributed by atoms with Crippen LogP contribution in [0.15, 0.2) is 0 Å². The molecular weight excluding hydrogens is 162 g/mol. The van der Waals surface area contributed by atoms with Crippen LogP contribution >= 0.6 is 0 Å². The van der Waals surface area contributed by atoms with Crippen molar-refractivity contribution in [3.63, 3.8) is 0 Å². The van der Waals surface area contributed by atoms with Crippen LogP contribution in [0.1, 0.15) is 20.3 Å². The molecule has 0 aromatic rings. The van der Waals surface area contributed by atoms with Crippen LogP contribution in [-0.2, 0) is 0 Å². The summed E-state index contributed by atoms with van der Waals surface area (Å²) in [5.74, 6) is 0.433. The SMILES string of the molecule is CC(C)C(C#N)N1CCCNCC1. The lowest BCUT2D eigenvalue weighted by Crippen LogP contribution is -2.40. The van der Waals surface area contributed by atoms with E-state index in [1.807, 2.05) is 0 Å². The average Bonchev–Trinajstić information content (AvgIpc) is 2.33. The van der Waals surface area contributed by atoms with Gasteiger partial charge in [0, 0.05) is 19.6 Å². The van der Waals surface area contributed by atoms with Crippen LogP contribution < -0.4 is 5.32 Å². The molecule has 3 heteroatoms. The minimum absolute atomic E-state index is 0.0971. The van der Waals surface area contributed by atoms with Gasteiger partial charge in [0.1, 0.15) is 6.04 Å². The highest BCUT2D eigenvalue weighted by atomic mass is 15.2. The molecule has 1 saturated heterocycles. The van der Waals surface area contributed by atoms with Crippen molar-refractivity contribution in [2.75, 3.05) is 26.2 Å². The number of hydrogen-bond acceptors (Lipinski definition) is 3. The van der Waals surface area contributed by atoms with Crippen LogP contribution in [0.2, 0.25) is 0 Å². The summed E-state index contributed by atoms with van der Waals surface area (Å²) in [6.07, 6.45) is 1.16. The zero-order chi connectivity index (χ0) is 9.68. The minimum atomic E-state index is 0.0971. The highest BCUT2D eigenvalue weighted by Crippen LogP contribution is 2.10. The number of nitriles is 1. The smallest absolute Gasteiger partial charge is 0.100 e. The van der Waals surface area contributed by atoms with E-state index >= 15 is 0 Å². The highest BCUT2D eigenvalue weighted by Gasteiger charge is 2.21. The molecule has 1 unspecified atom stereocenters. The summed E-state index contributed by atoms with van der Waals surface area (Å²) in [7, 11) is 0. The monoisotopic (exact) mass is 181 g/mol. The lowest BCUT2D eigenvalue weighted by molar-refractivity contribution is 0.207. The minimum Gasteiger partial charge on any atom is -0.315 e. The van der Waals surface area contributed by atoms with E-state index in [1.54, 1.807) is 0 Å². The third-order valence-corrected chi connectivity index (χ3v) is 2.53. The molecule has 1 N–H and O–H groups in total. The predicted octanol–water partition coefficient (Wildman–Crippen LogP) is 0.830. The first-order valence-electron chi connectivity index (χ1n) is 5.10. The molecule has 0 saturated carbocycles. The van der Waals surface area contributed by atoms with E-state index in [1.165, 1.54) is 0 Å². The molecule has 0 radical (unpaired) electrons. The molecule has 0 amide bonds. The summed E-state index contributed by atoms with van der Waals surface area (Å²) >= 11 is 0. The number of nitrogens with one attached hydrogen (secondary N) is 1. The molecular formula is C10H19N3. The van der Waals surface area contributed by atoms with Gasteiger partial charge in [-0.3, -0.25) is 4.90 Å². The summed E-state index contributed by atoms with van der Waals surface area (Å²) < 4.78 is 0. The van der Waals surface area contributed by atoms with Gasteiger partial charge in [-0.2, -0.15) is 5.26 Å². The zero-order valence-electron chi connectivity index (χ0n) is 8.58. The van der Waals surface area contributed by atoms with Crippen molar-refractivity contribution in [1.29, 1.82) is 5.26 Å². The second kappa shape index (κ2) is 5.21. The molecule has 0 aliphatic carbocycles. The number of nitrogens with zero attached hydrogens (tertiary/aromatic N) is 2. The molecule has 1 rings (SSSR count). The molecule has 0 aromatic carbocycles. The van der Waals surface area contributed by atoms with Gasteiger partial charge in [-0.1, -0.05) is 13.8 Å². The van der Waals surface area contributed by atoms with Crippen molar-refractivity contribution >= 4 is 0 Å². The van der Waals surface area contributed by atoms with E-state index < -0.39 is 0 Å². The molecule has 1 aliphatic rings. The Morgan fingerprint density at radius 3 is 2.69 bits per heavy atom. The normalized spacial score (nSPS) is 22.3. The Labute approximate surface area is 80.7 Å². The van der Waals surface area contributed by atoms with Crippen LogP contribution in [0.3, 0.4) is 0 Å². The van der Waals surface area contributed by atoms with E-state index in [0.717, 1.165) is 32.6 Å². The van der Waals surface area contributed by atoms with E-state index in [9.17, 15) is 0 Å². The lowest BCUT2D eigenvalue weighted by Gasteiger charge is -2.27. The third kappa shape index (κ3) is 2.98. The van der Waals surface area contributed by atoms with E-state index in [2.05, 4.69) is 30.1 Å². The first kappa shape index (κ1) is 10.5. The van der Waals surface area contributed by atoms with Crippen molar-refractivity contribution in [3.05, 3.63) is 0 Å². The number of hydrogen-bond donors (Lipinski definition) is 1. The predicted molar refractivity (Wildman–Crippen MR) is 53.3 cm³/mol. The molecule has 1 atom stereocenters. The number of rotatable bonds is 2. The largest absolute Gasteiger partial charge is 0.315 e.